The van der Waals surface area contributed by atoms with Crippen LogP contribution in [0.15, 0.2) is 42.6 Å². The Morgan fingerprint density at radius 1 is 1.28 bits per heavy atom. The van der Waals surface area contributed by atoms with Crippen LogP contribution in [0.5, 0.6) is 0 Å². The van der Waals surface area contributed by atoms with Crippen LogP contribution in [-0.4, -0.2) is 29.0 Å². The molecule has 5 nitrogen and oxygen atoms in total. The summed E-state index contributed by atoms with van der Waals surface area (Å²) in [5.41, 5.74) is 2.97. The van der Waals surface area contributed by atoms with Crippen molar-refractivity contribution in [2.75, 3.05) is 23.3 Å². The number of nitrogens with one attached hydrogen (secondary N) is 1. The van der Waals surface area contributed by atoms with E-state index in [2.05, 4.69) is 20.2 Å². The first kappa shape index (κ1) is 16.0. The summed E-state index contributed by atoms with van der Waals surface area (Å²) in [5.74, 6) is 0.0720. The van der Waals surface area contributed by atoms with Gasteiger partial charge >= 0.3 is 0 Å². The van der Waals surface area contributed by atoms with E-state index in [1.165, 1.54) is 5.56 Å². The Morgan fingerprint density at radius 2 is 2.12 bits per heavy atom. The molecule has 1 fully saturated rings. The van der Waals surface area contributed by atoms with E-state index >= 15 is 0 Å². The highest BCUT2D eigenvalue weighted by Gasteiger charge is 2.27. The molecule has 1 saturated heterocycles. The fourth-order valence-electron chi connectivity index (χ4n) is 3.14. The highest BCUT2D eigenvalue weighted by Crippen LogP contribution is 2.30. The molecule has 6 heteroatoms. The van der Waals surface area contributed by atoms with Crippen LogP contribution < -0.4 is 10.2 Å². The predicted octanol–water partition coefficient (Wildman–Crippen LogP) is 3.85. The number of hydrogen-bond donors (Lipinski definition) is 1. The summed E-state index contributed by atoms with van der Waals surface area (Å²) in [4.78, 5) is 24.8. The molecule has 1 aromatic carbocycles. The van der Waals surface area contributed by atoms with E-state index < -0.39 is 0 Å². The number of aromatic nitrogens is 2. The Morgan fingerprint density at radius 3 is 2.92 bits per heavy atom. The minimum Gasteiger partial charge on any atom is -0.347 e. The van der Waals surface area contributed by atoms with Crippen molar-refractivity contribution in [1.82, 2.24) is 9.97 Å². The van der Waals surface area contributed by atoms with Crippen LogP contribution in [0.1, 0.15) is 18.4 Å². The fraction of sp³-hybridized carbons (Fsp3) is 0.316. The third-order valence-electron chi connectivity index (χ3n) is 4.54. The number of thiazole rings is 1. The van der Waals surface area contributed by atoms with Gasteiger partial charge in [-0.3, -0.25) is 4.79 Å². The zero-order valence-electron chi connectivity index (χ0n) is 14.1. The predicted molar refractivity (Wildman–Crippen MR) is 102 cm³/mol. The molecule has 0 radical (unpaired) electrons. The summed E-state index contributed by atoms with van der Waals surface area (Å²) in [7, 11) is 0. The number of piperidine rings is 1. The number of anilines is 2. The molecular weight excluding hydrogens is 332 g/mol. The Bertz CT molecular complexity index is 857. The third kappa shape index (κ3) is 3.49. The molecule has 25 heavy (non-hydrogen) atoms. The number of benzene rings is 1. The maximum absolute atomic E-state index is 12.6. The van der Waals surface area contributed by atoms with Crippen molar-refractivity contribution in [1.29, 1.82) is 0 Å². The molecule has 3 heterocycles. The number of carbonyl (C=O) groups is 1. The molecule has 1 atom stereocenters. The molecule has 0 aliphatic carbocycles. The fourth-order valence-corrected chi connectivity index (χ4v) is 4.08. The summed E-state index contributed by atoms with van der Waals surface area (Å²) < 4.78 is 0. The van der Waals surface area contributed by atoms with Crippen LogP contribution in [0.4, 0.5) is 10.8 Å². The molecule has 0 bridgehead atoms. The van der Waals surface area contributed by atoms with Gasteiger partial charge in [-0.05, 0) is 44.0 Å². The lowest BCUT2D eigenvalue weighted by atomic mass is 9.97. The molecule has 0 spiro atoms. The number of aryl methyl sites for hydroxylation is 1. The molecule has 0 saturated carbocycles. The minimum absolute atomic E-state index is 0.0185. The number of hydrogen-bond acceptors (Lipinski definition) is 5. The Kier molecular flexibility index (Phi) is 4.36. The molecule has 128 valence electrons. The van der Waals surface area contributed by atoms with Gasteiger partial charge in [-0.1, -0.05) is 29.0 Å². The molecule has 0 unspecified atom stereocenters. The first-order valence-electron chi connectivity index (χ1n) is 8.53. The highest BCUT2D eigenvalue weighted by atomic mass is 32.1. The largest absolute Gasteiger partial charge is 0.347 e. The van der Waals surface area contributed by atoms with Crippen molar-refractivity contribution in [3.05, 3.63) is 48.2 Å². The van der Waals surface area contributed by atoms with E-state index in [1.807, 2.05) is 43.3 Å². The number of rotatable bonds is 3. The van der Waals surface area contributed by atoms with E-state index in [0.717, 1.165) is 40.6 Å². The van der Waals surface area contributed by atoms with Gasteiger partial charge in [-0.25, -0.2) is 9.97 Å². The lowest BCUT2D eigenvalue weighted by Crippen LogP contribution is -2.40. The molecular formula is C19H20N4OS. The lowest BCUT2D eigenvalue weighted by Gasteiger charge is -2.31. The monoisotopic (exact) mass is 352 g/mol. The van der Waals surface area contributed by atoms with Crippen LogP contribution in [0.25, 0.3) is 10.3 Å². The first-order valence-corrected chi connectivity index (χ1v) is 9.35. The van der Waals surface area contributed by atoms with E-state index in [9.17, 15) is 4.79 Å². The number of pyridine rings is 1. The third-order valence-corrected chi connectivity index (χ3v) is 5.58. The van der Waals surface area contributed by atoms with Gasteiger partial charge in [-0.2, -0.15) is 0 Å². The second-order valence-electron chi connectivity index (χ2n) is 6.46. The van der Waals surface area contributed by atoms with Gasteiger partial charge < -0.3 is 10.2 Å². The maximum Gasteiger partial charge on any atom is 0.229 e. The molecule has 4 rings (SSSR count). The maximum atomic E-state index is 12.6. The van der Waals surface area contributed by atoms with Crippen molar-refractivity contribution in [3.63, 3.8) is 0 Å². The van der Waals surface area contributed by atoms with E-state index in [1.54, 1.807) is 17.5 Å². The first-order chi connectivity index (χ1) is 12.2. The van der Waals surface area contributed by atoms with E-state index in [-0.39, 0.29) is 11.8 Å². The van der Waals surface area contributed by atoms with Crippen LogP contribution in [0.2, 0.25) is 0 Å². The van der Waals surface area contributed by atoms with E-state index in [0.29, 0.717) is 6.54 Å². The summed E-state index contributed by atoms with van der Waals surface area (Å²) >= 11 is 1.60. The van der Waals surface area contributed by atoms with Crippen LogP contribution in [-0.2, 0) is 4.79 Å². The average molecular weight is 352 g/mol. The van der Waals surface area contributed by atoms with Gasteiger partial charge in [0.1, 0.15) is 10.3 Å². The van der Waals surface area contributed by atoms with Crippen molar-refractivity contribution < 1.29 is 4.79 Å². The summed E-state index contributed by atoms with van der Waals surface area (Å²) in [6.45, 7) is 3.68. The molecule has 1 N–H and O–H groups in total. The quantitative estimate of drug-likeness (QED) is 0.778. The normalized spacial score (nSPS) is 17.6. The smallest absolute Gasteiger partial charge is 0.229 e. The van der Waals surface area contributed by atoms with Crippen molar-refractivity contribution in [2.45, 2.75) is 19.8 Å². The van der Waals surface area contributed by atoms with Crippen molar-refractivity contribution in [3.8, 4) is 0 Å². The van der Waals surface area contributed by atoms with Gasteiger partial charge in [0.25, 0.3) is 0 Å². The van der Waals surface area contributed by atoms with Gasteiger partial charge in [0.15, 0.2) is 5.13 Å². The summed E-state index contributed by atoms with van der Waals surface area (Å²) in [6, 6.07) is 11.8. The molecule has 3 aromatic rings. The molecule has 2 aromatic heterocycles. The molecule has 1 aliphatic heterocycles. The van der Waals surface area contributed by atoms with Crippen molar-refractivity contribution >= 4 is 38.4 Å². The lowest BCUT2D eigenvalue weighted by molar-refractivity contribution is -0.120. The van der Waals surface area contributed by atoms with Crippen LogP contribution in [0, 0.1) is 12.8 Å². The zero-order chi connectivity index (χ0) is 17.2. The molecule has 1 aliphatic rings. The summed E-state index contributed by atoms with van der Waals surface area (Å²) in [5, 5.41) is 4.00. The number of carbonyl (C=O) groups excluding carboxylic acids is 1. The Labute approximate surface area is 150 Å². The van der Waals surface area contributed by atoms with Crippen molar-refractivity contribution in [2.24, 2.45) is 5.92 Å². The van der Waals surface area contributed by atoms with Gasteiger partial charge in [-0.15, -0.1) is 0 Å². The second kappa shape index (κ2) is 6.80. The van der Waals surface area contributed by atoms with Crippen LogP contribution >= 0.6 is 11.3 Å². The number of amides is 1. The van der Waals surface area contributed by atoms with Gasteiger partial charge in [0.2, 0.25) is 5.91 Å². The Balaban J connectivity index is 1.46. The van der Waals surface area contributed by atoms with Gasteiger partial charge in [0.05, 0.1) is 5.92 Å². The van der Waals surface area contributed by atoms with E-state index in [4.69, 9.17) is 0 Å². The topological polar surface area (TPSA) is 58.1 Å². The number of nitrogens with zero attached hydrogens (tertiary/aromatic N) is 3. The zero-order valence-corrected chi connectivity index (χ0v) is 14.9. The summed E-state index contributed by atoms with van der Waals surface area (Å²) in [6.07, 6.45) is 3.70. The SMILES string of the molecule is Cc1ccc(NC(=O)[C@H]2CCCN(c3nc4cccnc4s3)C2)cc1. The number of fused-ring (bicyclic) bond motifs is 1. The second-order valence-corrected chi connectivity index (χ2v) is 7.42. The minimum atomic E-state index is -0.0185. The Hall–Kier alpha value is -2.47. The average Bonchev–Trinajstić information content (AvgIpc) is 3.08. The van der Waals surface area contributed by atoms with Gasteiger partial charge in [0, 0.05) is 25.0 Å². The van der Waals surface area contributed by atoms with Crippen LogP contribution in [0.3, 0.4) is 0 Å². The molecule has 1 amide bonds. The standard InChI is InChI=1S/C19H20N4OS/c1-13-6-8-15(9-7-13)21-17(24)14-4-3-11-23(12-14)19-22-16-5-2-10-20-18(16)25-19/h2,5-10,14H,3-4,11-12H2,1H3,(H,21,24)/t14-/m0/s1. The highest BCUT2D eigenvalue weighted by molar-refractivity contribution is 7.21.